The molecule has 2 atom stereocenters. The highest BCUT2D eigenvalue weighted by molar-refractivity contribution is 6.06. The average molecular weight is 180 g/mol. The topological polar surface area (TPSA) is 34.1 Å². The van der Waals surface area contributed by atoms with Crippen molar-refractivity contribution in [1.82, 2.24) is 0 Å². The number of fused-ring (bicyclic) bond motifs is 2. The van der Waals surface area contributed by atoms with Crippen LogP contribution in [-0.2, 0) is 9.59 Å². The Kier molecular flexibility index (Phi) is 2.22. The van der Waals surface area contributed by atoms with Crippen molar-refractivity contribution in [1.29, 1.82) is 0 Å². The predicted molar refractivity (Wildman–Crippen MR) is 49.2 cm³/mol. The summed E-state index contributed by atoms with van der Waals surface area (Å²) in [5, 5.41) is 0. The van der Waals surface area contributed by atoms with Gasteiger partial charge in [0.2, 0.25) is 0 Å². The largest absolute Gasteiger partial charge is 0.299 e. The normalized spacial score (nSPS) is 39.3. The summed E-state index contributed by atoms with van der Waals surface area (Å²) in [5.41, 5.74) is 0. The lowest BCUT2D eigenvalue weighted by Gasteiger charge is -2.36. The average Bonchev–Trinajstić information content (AvgIpc) is 2.17. The van der Waals surface area contributed by atoms with Crippen molar-refractivity contribution in [2.75, 3.05) is 0 Å². The van der Waals surface area contributed by atoms with Gasteiger partial charge in [-0.25, -0.2) is 0 Å². The van der Waals surface area contributed by atoms with Crippen LogP contribution in [0.1, 0.15) is 39.0 Å². The molecule has 0 aliphatic heterocycles. The van der Waals surface area contributed by atoms with Crippen LogP contribution >= 0.6 is 0 Å². The smallest absolute Gasteiger partial charge is 0.146 e. The molecular weight excluding hydrogens is 164 g/mol. The Labute approximate surface area is 78.7 Å². The summed E-state index contributed by atoms with van der Waals surface area (Å²) >= 11 is 0. The summed E-state index contributed by atoms with van der Waals surface area (Å²) < 4.78 is 0. The SMILES string of the molecule is CCC1C(=O)C2CCCC(C2)C1=O. The lowest BCUT2D eigenvalue weighted by atomic mass is 9.66. The number of carbonyl (C=O) groups is 2. The van der Waals surface area contributed by atoms with E-state index in [1.165, 1.54) is 0 Å². The molecule has 2 aliphatic rings. The van der Waals surface area contributed by atoms with Crippen molar-refractivity contribution in [2.45, 2.75) is 39.0 Å². The highest BCUT2D eigenvalue weighted by Crippen LogP contribution is 2.39. The third kappa shape index (κ3) is 1.32. The summed E-state index contributed by atoms with van der Waals surface area (Å²) in [6, 6.07) is 0. The standard InChI is InChI=1S/C11H16O2/c1-2-9-10(12)7-4-3-5-8(6-7)11(9)13/h7-9H,2-6H2,1H3. The first kappa shape index (κ1) is 8.92. The van der Waals surface area contributed by atoms with Crippen molar-refractivity contribution >= 4 is 11.6 Å². The Bertz CT molecular complexity index is 222. The van der Waals surface area contributed by atoms with E-state index in [2.05, 4.69) is 0 Å². The molecule has 2 aliphatic carbocycles. The Morgan fingerprint density at radius 2 is 1.69 bits per heavy atom. The van der Waals surface area contributed by atoms with E-state index in [1.54, 1.807) is 0 Å². The van der Waals surface area contributed by atoms with Gasteiger partial charge >= 0.3 is 0 Å². The highest BCUT2D eigenvalue weighted by atomic mass is 16.2. The molecule has 0 N–H and O–H groups in total. The van der Waals surface area contributed by atoms with Crippen LogP contribution in [0.15, 0.2) is 0 Å². The molecule has 2 saturated carbocycles. The number of rotatable bonds is 1. The highest BCUT2D eigenvalue weighted by Gasteiger charge is 2.43. The van der Waals surface area contributed by atoms with Crippen molar-refractivity contribution in [2.24, 2.45) is 17.8 Å². The van der Waals surface area contributed by atoms with Crippen LogP contribution in [0.4, 0.5) is 0 Å². The van der Waals surface area contributed by atoms with E-state index >= 15 is 0 Å². The monoisotopic (exact) mass is 180 g/mol. The molecule has 0 aromatic heterocycles. The molecular formula is C11H16O2. The van der Waals surface area contributed by atoms with E-state index < -0.39 is 0 Å². The number of hydrogen-bond donors (Lipinski definition) is 0. The zero-order valence-corrected chi connectivity index (χ0v) is 8.08. The van der Waals surface area contributed by atoms with Crippen LogP contribution in [0, 0.1) is 17.8 Å². The third-order valence-electron chi connectivity index (χ3n) is 3.57. The summed E-state index contributed by atoms with van der Waals surface area (Å²) in [6.07, 6.45) is 4.69. The molecule has 0 spiro atoms. The first-order valence-corrected chi connectivity index (χ1v) is 5.31. The minimum atomic E-state index is -0.246. The second kappa shape index (κ2) is 3.24. The van der Waals surface area contributed by atoms with Gasteiger partial charge in [0, 0.05) is 11.8 Å². The van der Waals surface area contributed by atoms with Gasteiger partial charge in [-0.2, -0.15) is 0 Å². The second-order valence-electron chi connectivity index (χ2n) is 4.33. The van der Waals surface area contributed by atoms with Crippen LogP contribution in [0.25, 0.3) is 0 Å². The zero-order chi connectivity index (χ0) is 9.42. The predicted octanol–water partition coefficient (Wildman–Crippen LogP) is 1.97. The fourth-order valence-electron chi connectivity index (χ4n) is 2.82. The molecule has 2 fully saturated rings. The van der Waals surface area contributed by atoms with Crippen molar-refractivity contribution in [3.63, 3.8) is 0 Å². The maximum absolute atomic E-state index is 11.8. The lowest BCUT2D eigenvalue weighted by molar-refractivity contribution is -0.144. The molecule has 2 unspecified atom stereocenters. The maximum Gasteiger partial charge on any atom is 0.146 e. The maximum atomic E-state index is 11.8. The minimum absolute atomic E-state index is 0.224. The van der Waals surface area contributed by atoms with Crippen LogP contribution < -0.4 is 0 Å². The molecule has 0 amide bonds. The van der Waals surface area contributed by atoms with Gasteiger partial charge in [0.15, 0.2) is 0 Å². The van der Waals surface area contributed by atoms with Crippen molar-refractivity contribution < 1.29 is 9.59 Å². The van der Waals surface area contributed by atoms with Gasteiger partial charge in [-0.05, 0) is 25.7 Å². The van der Waals surface area contributed by atoms with Crippen LogP contribution in [0.3, 0.4) is 0 Å². The number of ketones is 2. The molecule has 13 heavy (non-hydrogen) atoms. The van der Waals surface area contributed by atoms with Gasteiger partial charge in [0.1, 0.15) is 11.6 Å². The van der Waals surface area contributed by atoms with Gasteiger partial charge in [-0.3, -0.25) is 9.59 Å². The Hall–Kier alpha value is -0.660. The van der Waals surface area contributed by atoms with Gasteiger partial charge in [0.25, 0.3) is 0 Å². The summed E-state index contributed by atoms with van der Waals surface area (Å²) in [4.78, 5) is 23.5. The van der Waals surface area contributed by atoms with E-state index in [-0.39, 0.29) is 29.3 Å². The van der Waals surface area contributed by atoms with E-state index in [1.807, 2.05) is 6.92 Å². The molecule has 0 aromatic rings. The fourth-order valence-corrected chi connectivity index (χ4v) is 2.82. The lowest BCUT2D eigenvalue weighted by Crippen LogP contribution is -2.43. The Morgan fingerprint density at radius 3 is 2.15 bits per heavy atom. The van der Waals surface area contributed by atoms with Crippen LogP contribution in [0.2, 0.25) is 0 Å². The van der Waals surface area contributed by atoms with Crippen molar-refractivity contribution in [3.8, 4) is 0 Å². The van der Waals surface area contributed by atoms with Crippen LogP contribution in [-0.4, -0.2) is 11.6 Å². The van der Waals surface area contributed by atoms with Crippen molar-refractivity contribution in [3.05, 3.63) is 0 Å². The fraction of sp³-hybridized carbons (Fsp3) is 0.818. The summed E-state index contributed by atoms with van der Waals surface area (Å²) in [5.74, 6) is 0.679. The zero-order valence-electron chi connectivity index (χ0n) is 8.08. The molecule has 0 aromatic carbocycles. The molecule has 2 nitrogen and oxygen atoms in total. The van der Waals surface area contributed by atoms with E-state index in [0.717, 1.165) is 25.7 Å². The first-order chi connectivity index (χ1) is 6.24. The van der Waals surface area contributed by atoms with Gasteiger partial charge in [0.05, 0.1) is 5.92 Å². The van der Waals surface area contributed by atoms with Gasteiger partial charge in [-0.15, -0.1) is 0 Å². The molecule has 0 radical (unpaired) electrons. The molecule has 2 rings (SSSR count). The van der Waals surface area contributed by atoms with Gasteiger partial charge in [-0.1, -0.05) is 13.3 Å². The van der Waals surface area contributed by atoms with E-state index in [0.29, 0.717) is 6.42 Å². The Morgan fingerprint density at radius 1 is 1.15 bits per heavy atom. The molecule has 0 saturated heterocycles. The summed E-state index contributed by atoms with van der Waals surface area (Å²) in [7, 11) is 0. The molecule has 0 heterocycles. The molecule has 72 valence electrons. The molecule has 2 heteroatoms. The second-order valence-corrected chi connectivity index (χ2v) is 4.33. The minimum Gasteiger partial charge on any atom is -0.299 e. The quantitative estimate of drug-likeness (QED) is 0.578. The number of Topliss-reactive ketones (excluding diaryl/α,β-unsaturated/α-hetero) is 2. The third-order valence-corrected chi connectivity index (χ3v) is 3.57. The summed E-state index contributed by atoms with van der Waals surface area (Å²) in [6.45, 7) is 1.95. The van der Waals surface area contributed by atoms with Gasteiger partial charge < -0.3 is 0 Å². The molecule has 2 bridgehead atoms. The van der Waals surface area contributed by atoms with E-state index in [9.17, 15) is 9.59 Å². The van der Waals surface area contributed by atoms with E-state index in [4.69, 9.17) is 0 Å². The number of carbonyl (C=O) groups excluding carboxylic acids is 2. The Balaban J connectivity index is 2.22. The van der Waals surface area contributed by atoms with Crippen LogP contribution in [0.5, 0.6) is 0 Å². The number of hydrogen-bond acceptors (Lipinski definition) is 2. The first-order valence-electron chi connectivity index (χ1n) is 5.31.